The highest BCUT2D eigenvalue weighted by molar-refractivity contribution is 7.18. The third-order valence-electron chi connectivity index (χ3n) is 6.92. The maximum Gasteiger partial charge on any atom is 0.273 e. The van der Waals surface area contributed by atoms with E-state index in [4.69, 9.17) is 0 Å². The predicted molar refractivity (Wildman–Crippen MR) is 126 cm³/mol. The normalized spacial score (nSPS) is 22.5. The van der Waals surface area contributed by atoms with Gasteiger partial charge in [0.05, 0.1) is 22.1 Å². The number of nitrogens with one attached hydrogen (secondary N) is 2. The molecule has 0 bridgehead atoms. The largest absolute Gasteiger partial charge is 0.348 e. The number of hydrogen-bond donors (Lipinski definition) is 2. The second-order valence-corrected chi connectivity index (χ2v) is 9.96. The van der Waals surface area contributed by atoms with E-state index < -0.39 is 6.04 Å². The number of pyridine rings is 1. The van der Waals surface area contributed by atoms with Gasteiger partial charge >= 0.3 is 0 Å². The van der Waals surface area contributed by atoms with Crippen LogP contribution in [-0.2, 0) is 11.3 Å². The van der Waals surface area contributed by atoms with Crippen LogP contribution in [0.3, 0.4) is 0 Å². The zero-order valence-corrected chi connectivity index (χ0v) is 18.8. The lowest BCUT2D eigenvalue weighted by Gasteiger charge is -2.33. The fourth-order valence-electron chi connectivity index (χ4n) is 5.40. The highest BCUT2D eigenvalue weighted by Crippen LogP contribution is 2.41. The Bertz CT molecular complexity index is 1310. The Morgan fingerprint density at radius 2 is 2.03 bits per heavy atom. The van der Waals surface area contributed by atoms with Crippen LogP contribution < -0.4 is 5.32 Å². The summed E-state index contributed by atoms with van der Waals surface area (Å²) in [6.07, 6.45) is 6.58. The van der Waals surface area contributed by atoms with Gasteiger partial charge in [0.2, 0.25) is 5.91 Å². The van der Waals surface area contributed by atoms with Crippen molar-refractivity contribution in [1.29, 1.82) is 0 Å². The fraction of sp³-hybridized carbons (Fsp3) is 0.375. The Labute approximate surface area is 194 Å². The van der Waals surface area contributed by atoms with Crippen molar-refractivity contribution in [2.75, 3.05) is 0 Å². The van der Waals surface area contributed by atoms with E-state index in [1.54, 1.807) is 23.6 Å². The van der Waals surface area contributed by atoms with Gasteiger partial charge < -0.3 is 10.2 Å². The molecule has 2 amide bonds. The summed E-state index contributed by atoms with van der Waals surface area (Å²) in [4.78, 5) is 37.7. The van der Waals surface area contributed by atoms with Crippen LogP contribution in [0.1, 0.15) is 47.6 Å². The number of benzene rings is 1. The summed E-state index contributed by atoms with van der Waals surface area (Å²) in [5.74, 6) is 0.0761. The van der Waals surface area contributed by atoms with Gasteiger partial charge in [0.15, 0.2) is 5.65 Å². The van der Waals surface area contributed by atoms with Crippen molar-refractivity contribution in [3.05, 3.63) is 53.3 Å². The van der Waals surface area contributed by atoms with Gasteiger partial charge in [-0.05, 0) is 49.4 Å². The minimum absolute atomic E-state index is 0.0828. The molecule has 2 aliphatic rings. The molecule has 0 spiro atoms. The maximum atomic E-state index is 13.7. The van der Waals surface area contributed by atoms with E-state index in [9.17, 15) is 9.59 Å². The molecule has 1 aliphatic carbocycles. The summed E-state index contributed by atoms with van der Waals surface area (Å²) in [6.45, 7) is 0.364. The van der Waals surface area contributed by atoms with Crippen LogP contribution in [0.5, 0.6) is 0 Å². The van der Waals surface area contributed by atoms with Crippen LogP contribution in [0.25, 0.3) is 21.3 Å². The van der Waals surface area contributed by atoms with Crippen molar-refractivity contribution >= 4 is 44.4 Å². The standard InChI is InChI=1S/C24H24N6O2S/c31-23(26-13-20-27-16-8-2-4-10-19(16)33-20)18-12-14-6-1-3-9-17(14)30(18)24(32)21-15-7-5-11-25-22(15)29-28-21/h2,4-5,7-8,10-11,14,17-18H,1,3,6,9,12-13H2,(H,26,31)(H,25,28,29)/t14-,17-,18+/m0/s1. The Hall–Kier alpha value is -3.33. The average molecular weight is 461 g/mol. The zero-order valence-electron chi connectivity index (χ0n) is 18.0. The number of H-pyrrole nitrogens is 1. The molecular weight excluding hydrogens is 436 g/mol. The van der Waals surface area contributed by atoms with E-state index in [-0.39, 0.29) is 17.9 Å². The van der Waals surface area contributed by atoms with E-state index >= 15 is 0 Å². The van der Waals surface area contributed by atoms with E-state index in [1.165, 1.54) is 0 Å². The van der Waals surface area contributed by atoms with E-state index in [0.29, 0.717) is 35.6 Å². The van der Waals surface area contributed by atoms with Crippen molar-refractivity contribution in [2.45, 2.75) is 50.7 Å². The van der Waals surface area contributed by atoms with Crippen molar-refractivity contribution in [1.82, 2.24) is 30.4 Å². The molecule has 1 saturated carbocycles. The van der Waals surface area contributed by atoms with Gasteiger partial charge in [-0.25, -0.2) is 9.97 Å². The molecule has 0 unspecified atom stereocenters. The first-order chi connectivity index (χ1) is 16.2. The molecule has 4 heterocycles. The number of fused-ring (bicyclic) bond motifs is 3. The summed E-state index contributed by atoms with van der Waals surface area (Å²) in [5.41, 5.74) is 1.86. The molecule has 168 valence electrons. The average Bonchev–Trinajstić information content (AvgIpc) is 3.56. The van der Waals surface area contributed by atoms with Crippen LogP contribution in [0.4, 0.5) is 0 Å². The number of carbonyl (C=O) groups is 2. The lowest BCUT2D eigenvalue weighted by atomic mass is 9.84. The van der Waals surface area contributed by atoms with Gasteiger partial charge in [-0.2, -0.15) is 5.10 Å². The van der Waals surface area contributed by atoms with Gasteiger partial charge in [0.25, 0.3) is 5.91 Å². The van der Waals surface area contributed by atoms with E-state index in [0.717, 1.165) is 40.9 Å². The minimum atomic E-state index is -0.491. The van der Waals surface area contributed by atoms with Crippen LogP contribution in [0, 0.1) is 5.92 Å². The topological polar surface area (TPSA) is 104 Å². The number of hydrogen-bond acceptors (Lipinski definition) is 6. The van der Waals surface area contributed by atoms with Crippen LogP contribution in [-0.4, -0.2) is 49.0 Å². The quantitative estimate of drug-likeness (QED) is 0.484. The van der Waals surface area contributed by atoms with Crippen molar-refractivity contribution in [3.8, 4) is 0 Å². The molecule has 2 N–H and O–H groups in total. The molecule has 1 aromatic carbocycles. The first kappa shape index (κ1) is 20.3. The molecule has 2 fully saturated rings. The Morgan fingerprint density at radius 1 is 1.15 bits per heavy atom. The lowest BCUT2D eigenvalue weighted by Crippen LogP contribution is -2.49. The number of para-hydroxylation sites is 1. The molecule has 3 aromatic heterocycles. The van der Waals surface area contributed by atoms with Crippen LogP contribution in [0.15, 0.2) is 42.6 Å². The summed E-state index contributed by atoms with van der Waals surface area (Å²) in [5, 5.41) is 11.7. The number of carbonyl (C=O) groups excluding carboxylic acids is 2. The van der Waals surface area contributed by atoms with Gasteiger partial charge in [-0.3, -0.25) is 14.7 Å². The number of amides is 2. The molecular formula is C24H24N6O2S. The maximum absolute atomic E-state index is 13.7. The first-order valence-electron chi connectivity index (χ1n) is 11.4. The molecule has 1 saturated heterocycles. The van der Waals surface area contributed by atoms with E-state index in [1.807, 2.05) is 35.2 Å². The molecule has 33 heavy (non-hydrogen) atoms. The smallest absolute Gasteiger partial charge is 0.273 e. The SMILES string of the molecule is O=C(NCc1nc2ccccc2s1)[C@H]1C[C@@H]2CCCC[C@@H]2N1C(=O)c1[nH]nc2ncccc12. The number of aromatic amines is 1. The van der Waals surface area contributed by atoms with Crippen LogP contribution in [0.2, 0.25) is 0 Å². The van der Waals surface area contributed by atoms with Gasteiger partial charge in [-0.1, -0.05) is 25.0 Å². The number of rotatable bonds is 4. The zero-order chi connectivity index (χ0) is 22.4. The number of aromatic nitrogens is 4. The molecule has 3 atom stereocenters. The fourth-order valence-corrected chi connectivity index (χ4v) is 6.31. The second-order valence-electron chi connectivity index (χ2n) is 8.84. The Morgan fingerprint density at radius 3 is 2.94 bits per heavy atom. The van der Waals surface area contributed by atoms with Gasteiger partial charge in [0, 0.05) is 12.2 Å². The minimum Gasteiger partial charge on any atom is -0.348 e. The Balaban J connectivity index is 1.26. The second kappa shape index (κ2) is 8.22. The third kappa shape index (κ3) is 3.56. The molecule has 4 aromatic rings. The van der Waals surface area contributed by atoms with Crippen molar-refractivity contribution in [3.63, 3.8) is 0 Å². The summed E-state index contributed by atoms with van der Waals surface area (Å²) in [6, 6.07) is 11.2. The van der Waals surface area contributed by atoms with Crippen LogP contribution >= 0.6 is 11.3 Å². The Kier molecular flexibility index (Phi) is 5.05. The number of likely N-dealkylation sites (tertiary alicyclic amines) is 1. The molecule has 8 nitrogen and oxygen atoms in total. The third-order valence-corrected chi connectivity index (χ3v) is 7.96. The summed E-state index contributed by atoms with van der Waals surface area (Å²) >= 11 is 1.58. The predicted octanol–water partition coefficient (Wildman–Crippen LogP) is 3.66. The number of thiazole rings is 1. The van der Waals surface area contributed by atoms with Gasteiger partial charge in [0.1, 0.15) is 16.7 Å². The van der Waals surface area contributed by atoms with Crippen molar-refractivity contribution in [2.24, 2.45) is 5.92 Å². The monoisotopic (exact) mass is 460 g/mol. The highest BCUT2D eigenvalue weighted by Gasteiger charge is 2.48. The lowest BCUT2D eigenvalue weighted by molar-refractivity contribution is -0.125. The van der Waals surface area contributed by atoms with E-state index in [2.05, 4.69) is 25.5 Å². The molecule has 0 radical (unpaired) electrons. The highest BCUT2D eigenvalue weighted by atomic mass is 32.1. The molecule has 9 heteroatoms. The molecule has 1 aliphatic heterocycles. The summed E-state index contributed by atoms with van der Waals surface area (Å²) < 4.78 is 1.10. The summed E-state index contributed by atoms with van der Waals surface area (Å²) in [7, 11) is 0. The number of nitrogens with zero attached hydrogens (tertiary/aromatic N) is 4. The first-order valence-corrected chi connectivity index (χ1v) is 12.2. The molecule has 6 rings (SSSR count). The van der Waals surface area contributed by atoms with Gasteiger partial charge in [-0.15, -0.1) is 11.3 Å². The van der Waals surface area contributed by atoms with Crippen molar-refractivity contribution < 1.29 is 9.59 Å².